The number of carboxylic acid groups (broad SMARTS) is 4. The zero-order valence-electron chi connectivity index (χ0n) is 82.7. The maximum Gasteiger partial charge on any atom is 0.317 e. The van der Waals surface area contributed by atoms with Crippen LogP contribution in [-0.2, 0) is 120 Å². The SMILES string of the molecule is CC(=O)N[C@H]1CCC(=O)NCCC[C@@H](C(=O)N2CCC[C@H]2C(=O)N2CCC[C@H]2C(=O)N[C@@H](CC(=O)O)C(=O)N[C@@H](CCCCN(CC(=O)O)CC(=O)O)C(=O)N[C@@H](CCCCNC(=O)COCCOCCNC(=O)CCCCCCCCCCCCCCCCC(=O)O)C(N)=O)NC(=O)[C@H](Cc2c[nH]c3ccccc23)NC(=O)[C@H](CCCNC(=N)N)NC(=O)[C@@H](Cc2ccccc2)NC(=O)[C@H](Cc2cnc[nH]2)NC1=O. The van der Waals surface area contributed by atoms with Crippen LogP contribution in [0.4, 0.5) is 0 Å². The minimum atomic E-state index is -1.98. The van der Waals surface area contributed by atoms with E-state index in [9.17, 15) is 82.4 Å². The van der Waals surface area contributed by atoms with Crippen LogP contribution in [0, 0.1) is 5.41 Å². The Morgan fingerprint density at radius 2 is 1.08 bits per heavy atom. The smallest absolute Gasteiger partial charge is 0.317 e. The number of likely N-dealkylation sites (tertiary alicyclic amines) is 2. The van der Waals surface area contributed by atoms with E-state index in [1.807, 2.05) is 0 Å². The molecule has 5 heterocycles. The van der Waals surface area contributed by atoms with E-state index >= 15 is 24.0 Å². The van der Waals surface area contributed by atoms with Crippen LogP contribution in [0.2, 0.25) is 0 Å². The lowest BCUT2D eigenvalue weighted by atomic mass is 10.0. The molecule has 0 radical (unpaired) electrons. The fourth-order valence-electron chi connectivity index (χ4n) is 17.6. The van der Waals surface area contributed by atoms with Crippen molar-refractivity contribution in [2.45, 2.75) is 305 Å². The Labute approximate surface area is 842 Å². The van der Waals surface area contributed by atoms with Gasteiger partial charge in [0.2, 0.25) is 88.6 Å². The van der Waals surface area contributed by atoms with Gasteiger partial charge in [0.05, 0.1) is 45.7 Å². The number of nitrogens with two attached hydrogens (primary N) is 2. The summed E-state index contributed by atoms with van der Waals surface area (Å²) in [4.78, 5) is 275. The molecule has 800 valence electrons. The number of ether oxygens (including phenoxy) is 2. The third kappa shape index (κ3) is 45.4. The Morgan fingerprint density at radius 3 is 1.71 bits per heavy atom. The summed E-state index contributed by atoms with van der Waals surface area (Å²) in [6.07, 6.45) is 17.7. The maximum atomic E-state index is 15.7. The summed E-state index contributed by atoms with van der Waals surface area (Å²) in [5, 5.41) is 81.3. The lowest BCUT2D eigenvalue weighted by Crippen LogP contribution is -2.61. The molecule has 2 aromatic carbocycles. The van der Waals surface area contributed by atoms with Crippen molar-refractivity contribution in [3.8, 4) is 0 Å². The van der Waals surface area contributed by atoms with E-state index in [2.05, 4.69) is 84.1 Å². The van der Waals surface area contributed by atoms with Crippen molar-refractivity contribution >= 4 is 129 Å². The normalized spacial score (nSPS) is 19.0. The Hall–Kier alpha value is -13.7. The summed E-state index contributed by atoms with van der Waals surface area (Å²) in [7, 11) is 0. The second-order valence-electron chi connectivity index (χ2n) is 36.9. The number of hydrogen-bond acceptors (Lipinski definition) is 24. The summed E-state index contributed by atoms with van der Waals surface area (Å²) >= 11 is 0. The Bertz CT molecular complexity index is 4870. The number of benzene rings is 2. The molecular formula is C98H148N22O25. The number of fused-ring (bicyclic) bond motifs is 1. The van der Waals surface area contributed by atoms with Crippen molar-refractivity contribution in [2.24, 2.45) is 11.5 Å². The van der Waals surface area contributed by atoms with E-state index in [0.717, 1.165) is 63.2 Å². The predicted octanol–water partition coefficient (Wildman–Crippen LogP) is 0.601. The number of aromatic amines is 2. The number of imidazole rings is 1. The van der Waals surface area contributed by atoms with Crippen LogP contribution in [0.5, 0.6) is 0 Å². The molecule has 2 aromatic heterocycles. The van der Waals surface area contributed by atoms with Crippen LogP contribution in [0.3, 0.4) is 0 Å². The molecule has 0 bridgehead atoms. The molecule has 145 heavy (non-hydrogen) atoms. The van der Waals surface area contributed by atoms with Crippen LogP contribution < -0.4 is 80.6 Å². The maximum absolute atomic E-state index is 15.7. The number of amides is 15. The van der Waals surface area contributed by atoms with Gasteiger partial charge < -0.3 is 130 Å². The van der Waals surface area contributed by atoms with Gasteiger partial charge in [-0.05, 0) is 133 Å². The number of primary amides is 1. The molecule has 7 rings (SSSR count). The van der Waals surface area contributed by atoms with Crippen molar-refractivity contribution in [3.63, 3.8) is 0 Å². The first-order chi connectivity index (χ1) is 69.6. The van der Waals surface area contributed by atoms with Gasteiger partial charge in [-0.25, -0.2) is 4.98 Å². The van der Waals surface area contributed by atoms with Gasteiger partial charge in [0.25, 0.3) is 0 Å². The molecule has 3 aliphatic rings. The molecule has 47 nitrogen and oxygen atoms in total. The number of carbonyl (C=O) groups excluding carboxylic acids is 15. The van der Waals surface area contributed by atoms with Crippen molar-refractivity contribution in [3.05, 3.63) is 90.1 Å². The first-order valence-corrected chi connectivity index (χ1v) is 50.4. The highest BCUT2D eigenvalue weighted by molar-refractivity contribution is 6.01. The van der Waals surface area contributed by atoms with Gasteiger partial charge >= 0.3 is 23.9 Å². The average molecular weight is 2030 g/mol. The topological polar surface area (TPSA) is 710 Å². The molecule has 0 spiro atoms. The molecule has 3 aliphatic heterocycles. The molecule has 0 saturated carbocycles. The summed E-state index contributed by atoms with van der Waals surface area (Å²) < 4.78 is 11.0. The van der Waals surface area contributed by atoms with Crippen molar-refractivity contribution in [2.75, 3.05) is 85.3 Å². The number of hydrogen-bond donors (Lipinski definition) is 22. The Balaban J connectivity index is 1.01. The van der Waals surface area contributed by atoms with Gasteiger partial charge in [-0.1, -0.05) is 126 Å². The zero-order valence-corrected chi connectivity index (χ0v) is 82.7. The molecule has 0 unspecified atom stereocenters. The number of para-hydroxylation sites is 1. The third-order valence-corrected chi connectivity index (χ3v) is 25.2. The van der Waals surface area contributed by atoms with Crippen molar-refractivity contribution < 1.29 is 121 Å². The number of guanidine groups is 1. The number of rotatable bonds is 61. The molecule has 11 atom stereocenters. The van der Waals surface area contributed by atoms with Gasteiger partial charge in [0, 0.05) is 114 Å². The van der Waals surface area contributed by atoms with E-state index in [4.69, 9.17) is 31.5 Å². The zero-order chi connectivity index (χ0) is 105. The van der Waals surface area contributed by atoms with Gasteiger partial charge in [0.15, 0.2) is 5.96 Å². The summed E-state index contributed by atoms with van der Waals surface area (Å²) in [5.74, 6) is -17.7. The number of unbranched alkanes of at least 4 members (excludes halogenated alkanes) is 15. The molecule has 4 aromatic rings. The van der Waals surface area contributed by atoms with Crippen LogP contribution in [0.25, 0.3) is 10.9 Å². The van der Waals surface area contributed by atoms with E-state index in [0.29, 0.717) is 40.7 Å². The molecular weight excluding hydrogens is 1890 g/mol. The highest BCUT2D eigenvalue weighted by Gasteiger charge is 2.46. The molecule has 15 amide bonds. The predicted molar refractivity (Wildman–Crippen MR) is 528 cm³/mol. The molecule has 0 aliphatic carbocycles. The number of nitrogens with zero attached hydrogens (tertiary/aromatic N) is 4. The van der Waals surface area contributed by atoms with Crippen molar-refractivity contribution in [1.29, 1.82) is 5.41 Å². The van der Waals surface area contributed by atoms with E-state index in [1.165, 1.54) is 60.8 Å². The second kappa shape index (κ2) is 65.5. The highest BCUT2D eigenvalue weighted by atomic mass is 16.5. The number of aliphatic carboxylic acids is 4. The number of H-pyrrole nitrogens is 2. The van der Waals surface area contributed by atoms with Crippen LogP contribution in [0.1, 0.15) is 236 Å². The third-order valence-electron chi connectivity index (χ3n) is 25.2. The van der Waals surface area contributed by atoms with Crippen molar-refractivity contribution in [1.82, 2.24) is 98.8 Å². The van der Waals surface area contributed by atoms with Gasteiger partial charge in [-0.15, -0.1) is 0 Å². The quantitative estimate of drug-likeness (QED) is 0.0163. The lowest BCUT2D eigenvalue weighted by molar-refractivity contribution is -0.148. The highest BCUT2D eigenvalue weighted by Crippen LogP contribution is 2.28. The number of nitrogens with one attached hydrogen (secondary N) is 16. The van der Waals surface area contributed by atoms with Crippen LogP contribution >= 0.6 is 0 Å². The lowest BCUT2D eigenvalue weighted by Gasteiger charge is -2.34. The molecule has 3 saturated heterocycles. The first kappa shape index (κ1) is 118. The van der Waals surface area contributed by atoms with E-state index in [-0.39, 0.29) is 200 Å². The van der Waals surface area contributed by atoms with Gasteiger partial charge in [-0.3, -0.25) is 101 Å². The second-order valence-corrected chi connectivity index (χ2v) is 36.9. The molecule has 47 heteroatoms. The average Bonchev–Trinajstić information content (AvgIpc) is 1.64. The standard InChI is InChI=1S/C98H148N22O25/c1-63(121)109-72-41-42-81(123)103-44-26-36-73(113-92(138)75(54-65-57-107-68-32-20-19-31-67(65)68)115-89(135)71(35-25-45-106-98(100)101)112-91(137)74(53-64-29-15-14-16-30-64)114-93(139)76(116-90(72)136)55-66-58-102-62-108-66)96(142)120-49-28-38-79(120)97(143)119-48-27-37-78(119)95(141)117-77(56-84(127)128)94(140)111-70(34-22-24-47-118(59-85(129)130)60-86(131)132)88(134)110-69(87(99)133)33-21-23-43-104-82(124)61-145-52-51-144-50-46-105-80(122)39-17-12-10-8-6-4-2-3-5-7-9-11-13-18-40-83(125)126/h14-16,19-20,29-32,57-58,62,69-79,107H,2-13,17-18,21-28,33-56,59-61H2,1H3,(H2,99,133)(H,102,108)(H,103,123)(H,104,124)(H,105,122)(H,109,121)(H,110,134)(H,111,140)(H,112,137)(H,113,138)(H,114,139)(H,115,135)(H,116,136)(H,117,141)(H,125,126)(H,127,128)(H,129,130)(H,131,132)(H4,100,101,106)/t69-,70-,71-,72-,73-,74+,75-,76-,77-,78-,79-/m0/s1. The fourth-order valence-corrected chi connectivity index (χ4v) is 17.6. The van der Waals surface area contributed by atoms with E-state index < -0.39 is 199 Å². The minimum Gasteiger partial charge on any atom is -0.481 e. The number of carbonyl (C=O) groups is 19. The van der Waals surface area contributed by atoms with Gasteiger partial charge in [-0.2, -0.15) is 0 Å². The summed E-state index contributed by atoms with van der Waals surface area (Å²) in [6, 6.07) is -1.25. The Morgan fingerprint density at radius 1 is 0.517 bits per heavy atom. The molecule has 24 N–H and O–H groups in total. The Kier molecular flexibility index (Phi) is 53.4. The number of carboxylic acids is 4. The number of aromatic nitrogens is 3. The van der Waals surface area contributed by atoms with Crippen LogP contribution in [0.15, 0.2) is 73.3 Å². The minimum absolute atomic E-state index is 0.00647. The summed E-state index contributed by atoms with van der Waals surface area (Å²) in [5.41, 5.74) is 13.5. The van der Waals surface area contributed by atoms with Crippen LogP contribution in [-0.4, -0.2) is 320 Å². The largest absolute Gasteiger partial charge is 0.481 e. The first-order valence-electron chi connectivity index (χ1n) is 50.4. The molecule has 3 fully saturated rings. The van der Waals surface area contributed by atoms with Gasteiger partial charge in [0.1, 0.15) is 73.1 Å². The van der Waals surface area contributed by atoms with E-state index in [1.54, 1.807) is 60.8 Å². The fraction of sp³-hybridized carbons (Fsp3) is 0.622. The monoisotopic (exact) mass is 2030 g/mol. The summed E-state index contributed by atoms with van der Waals surface area (Å²) in [6.45, 7) is -0.124.